The van der Waals surface area contributed by atoms with E-state index in [1.807, 2.05) is 0 Å². The topological polar surface area (TPSA) is 78.9 Å². The summed E-state index contributed by atoms with van der Waals surface area (Å²) in [6.07, 6.45) is 3.26. The lowest BCUT2D eigenvalue weighted by Gasteiger charge is -2.34. The zero-order chi connectivity index (χ0) is 14.5. The Labute approximate surface area is 117 Å². The average molecular weight is 278 g/mol. The van der Waals surface area contributed by atoms with E-state index >= 15 is 0 Å². The standard InChI is InChI=1S/C14H18N2O4/c1-16(11-5-3-6-11)14(19)15-10-4-2-7-12(8-10)20-9-13(17)18/h2,4,7-8,11H,3,5-6,9H2,1H3,(H,15,19)(H,17,18). The van der Waals surface area contributed by atoms with Gasteiger partial charge < -0.3 is 20.1 Å². The smallest absolute Gasteiger partial charge is 0.341 e. The molecule has 0 heterocycles. The highest BCUT2D eigenvalue weighted by molar-refractivity contribution is 5.89. The quantitative estimate of drug-likeness (QED) is 0.865. The fourth-order valence-electron chi connectivity index (χ4n) is 1.96. The summed E-state index contributed by atoms with van der Waals surface area (Å²) in [5, 5.41) is 11.3. The minimum Gasteiger partial charge on any atom is -0.482 e. The first-order valence-corrected chi connectivity index (χ1v) is 6.55. The minimum atomic E-state index is -1.04. The number of benzene rings is 1. The first-order valence-electron chi connectivity index (χ1n) is 6.55. The molecular weight excluding hydrogens is 260 g/mol. The zero-order valence-corrected chi connectivity index (χ0v) is 11.3. The van der Waals surface area contributed by atoms with E-state index in [0.29, 0.717) is 17.5 Å². The number of hydrogen-bond donors (Lipinski definition) is 2. The fourth-order valence-corrected chi connectivity index (χ4v) is 1.96. The number of hydrogen-bond acceptors (Lipinski definition) is 3. The molecule has 0 aliphatic heterocycles. The van der Waals surface area contributed by atoms with Crippen molar-refractivity contribution >= 4 is 17.7 Å². The van der Waals surface area contributed by atoms with E-state index in [1.54, 1.807) is 36.2 Å². The Balaban J connectivity index is 1.93. The van der Waals surface area contributed by atoms with Crippen molar-refractivity contribution in [2.45, 2.75) is 25.3 Å². The Morgan fingerprint density at radius 2 is 2.20 bits per heavy atom. The van der Waals surface area contributed by atoms with Gasteiger partial charge in [0, 0.05) is 24.8 Å². The van der Waals surface area contributed by atoms with E-state index in [4.69, 9.17) is 9.84 Å². The highest BCUT2D eigenvalue weighted by Crippen LogP contribution is 2.24. The van der Waals surface area contributed by atoms with Gasteiger partial charge in [-0.05, 0) is 31.4 Å². The molecule has 0 spiro atoms. The van der Waals surface area contributed by atoms with Gasteiger partial charge in [0.2, 0.25) is 0 Å². The molecule has 0 bridgehead atoms. The van der Waals surface area contributed by atoms with Gasteiger partial charge in [0.25, 0.3) is 0 Å². The van der Waals surface area contributed by atoms with Crippen molar-refractivity contribution in [3.05, 3.63) is 24.3 Å². The number of anilines is 1. The van der Waals surface area contributed by atoms with Crippen molar-refractivity contribution in [1.29, 1.82) is 0 Å². The maximum atomic E-state index is 12.0. The van der Waals surface area contributed by atoms with Crippen molar-refractivity contribution in [2.24, 2.45) is 0 Å². The number of ether oxygens (including phenoxy) is 1. The first kappa shape index (κ1) is 14.2. The summed E-state index contributed by atoms with van der Waals surface area (Å²) in [4.78, 5) is 24.1. The molecule has 0 aromatic heterocycles. The van der Waals surface area contributed by atoms with Crippen LogP contribution in [0.5, 0.6) is 5.75 Å². The normalized spacial score (nSPS) is 14.2. The van der Waals surface area contributed by atoms with E-state index in [0.717, 1.165) is 12.8 Å². The van der Waals surface area contributed by atoms with Gasteiger partial charge in [-0.15, -0.1) is 0 Å². The van der Waals surface area contributed by atoms with E-state index in [1.165, 1.54) is 6.42 Å². The summed E-state index contributed by atoms with van der Waals surface area (Å²) in [6.45, 7) is -0.403. The van der Waals surface area contributed by atoms with Gasteiger partial charge in [-0.25, -0.2) is 9.59 Å². The zero-order valence-electron chi connectivity index (χ0n) is 11.3. The van der Waals surface area contributed by atoms with Crippen LogP contribution in [-0.2, 0) is 4.79 Å². The predicted molar refractivity (Wildman–Crippen MR) is 74.0 cm³/mol. The molecule has 1 fully saturated rings. The minimum absolute atomic E-state index is 0.162. The molecule has 108 valence electrons. The second-order valence-corrected chi connectivity index (χ2v) is 4.84. The van der Waals surface area contributed by atoms with Crippen LogP contribution < -0.4 is 10.1 Å². The maximum Gasteiger partial charge on any atom is 0.341 e. The molecule has 6 nitrogen and oxygen atoms in total. The second-order valence-electron chi connectivity index (χ2n) is 4.84. The van der Waals surface area contributed by atoms with Crippen LogP contribution in [0, 0.1) is 0 Å². The number of carboxylic acid groups (broad SMARTS) is 1. The number of amides is 2. The molecule has 0 atom stereocenters. The molecule has 1 aromatic carbocycles. The van der Waals surface area contributed by atoms with Crippen molar-refractivity contribution < 1.29 is 19.4 Å². The summed E-state index contributed by atoms with van der Waals surface area (Å²) in [7, 11) is 1.78. The Morgan fingerprint density at radius 1 is 1.45 bits per heavy atom. The number of carboxylic acids is 1. The molecule has 2 N–H and O–H groups in total. The van der Waals surface area contributed by atoms with Crippen LogP contribution in [0.15, 0.2) is 24.3 Å². The molecule has 1 aliphatic rings. The van der Waals surface area contributed by atoms with Gasteiger partial charge in [0.05, 0.1) is 0 Å². The third-order valence-corrected chi connectivity index (χ3v) is 3.39. The van der Waals surface area contributed by atoms with Crippen LogP contribution >= 0.6 is 0 Å². The lowest BCUT2D eigenvalue weighted by molar-refractivity contribution is -0.139. The van der Waals surface area contributed by atoms with Crippen LogP contribution in [0.3, 0.4) is 0 Å². The highest BCUT2D eigenvalue weighted by atomic mass is 16.5. The second kappa shape index (κ2) is 6.27. The van der Waals surface area contributed by atoms with E-state index in [2.05, 4.69) is 5.32 Å². The molecule has 1 saturated carbocycles. The molecule has 0 saturated heterocycles. The SMILES string of the molecule is CN(C(=O)Nc1cccc(OCC(=O)O)c1)C1CCC1. The Kier molecular flexibility index (Phi) is 4.45. The number of carbonyl (C=O) groups excluding carboxylic acids is 1. The van der Waals surface area contributed by atoms with Crippen LogP contribution in [-0.4, -0.2) is 41.7 Å². The van der Waals surface area contributed by atoms with Crippen LogP contribution in [0.25, 0.3) is 0 Å². The lowest BCUT2D eigenvalue weighted by atomic mass is 9.92. The number of aliphatic carboxylic acids is 1. The van der Waals surface area contributed by atoms with Crippen molar-refractivity contribution in [3.63, 3.8) is 0 Å². The molecule has 2 rings (SSSR count). The number of rotatable bonds is 5. The molecule has 1 aromatic rings. The summed E-state index contributed by atoms with van der Waals surface area (Å²) in [6, 6.07) is 6.85. The van der Waals surface area contributed by atoms with Crippen LogP contribution in [0.4, 0.5) is 10.5 Å². The highest BCUT2D eigenvalue weighted by Gasteiger charge is 2.25. The maximum absolute atomic E-state index is 12.0. The van der Waals surface area contributed by atoms with Gasteiger partial charge in [0.1, 0.15) is 5.75 Å². The summed E-state index contributed by atoms with van der Waals surface area (Å²) in [5.41, 5.74) is 0.587. The summed E-state index contributed by atoms with van der Waals surface area (Å²) >= 11 is 0. The fraction of sp³-hybridized carbons (Fsp3) is 0.429. The summed E-state index contributed by atoms with van der Waals surface area (Å²) < 4.78 is 5.07. The third-order valence-electron chi connectivity index (χ3n) is 3.39. The predicted octanol–water partition coefficient (Wildman–Crippen LogP) is 2.17. The van der Waals surface area contributed by atoms with Gasteiger partial charge >= 0.3 is 12.0 Å². The first-order chi connectivity index (χ1) is 9.56. The third kappa shape index (κ3) is 3.63. The monoisotopic (exact) mass is 278 g/mol. The number of nitrogens with zero attached hydrogens (tertiary/aromatic N) is 1. The van der Waals surface area contributed by atoms with Crippen LogP contribution in [0.1, 0.15) is 19.3 Å². The Hall–Kier alpha value is -2.24. The molecular formula is C14H18N2O4. The van der Waals surface area contributed by atoms with E-state index < -0.39 is 12.6 Å². The molecule has 1 aliphatic carbocycles. The largest absolute Gasteiger partial charge is 0.482 e. The molecule has 0 unspecified atom stereocenters. The van der Waals surface area contributed by atoms with E-state index in [9.17, 15) is 9.59 Å². The number of carbonyl (C=O) groups is 2. The Morgan fingerprint density at radius 3 is 2.80 bits per heavy atom. The number of nitrogens with one attached hydrogen (secondary N) is 1. The van der Waals surface area contributed by atoms with Gasteiger partial charge in [0.15, 0.2) is 6.61 Å². The van der Waals surface area contributed by atoms with Crippen molar-refractivity contribution in [1.82, 2.24) is 4.90 Å². The average Bonchev–Trinajstić information content (AvgIpc) is 2.34. The van der Waals surface area contributed by atoms with Gasteiger partial charge in [-0.1, -0.05) is 6.07 Å². The van der Waals surface area contributed by atoms with Crippen LogP contribution in [0.2, 0.25) is 0 Å². The van der Waals surface area contributed by atoms with Gasteiger partial charge in [-0.2, -0.15) is 0 Å². The molecule has 6 heteroatoms. The van der Waals surface area contributed by atoms with Crippen molar-refractivity contribution in [2.75, 3.05) is 19.0 Å². The van der Waals surface area contributed by atoms with Crippen molar-refractivity contribution in [3.8, 4) is 5.75 Å². The van der Waals surface area contributed by atoms with Gasteiger partial charge in [-0.3, -0.25) is 0 Å². The molecule has 20 heavy (non-hydrogen) atoms. The molecule has 2 amide bonds. The Bertz CT molecular complexity index is 500. The molecule has 0 radical (unpaired) electrons. The van der Waals surface area contributed by atoms with E-state index in [-0.39, 0.29) is 6.03 Å². The lowest BCUT2D eigenvalue weighted by Crippen LogP contribution is -2.43. The summed E-state index contributed by atoms with van der Waals surface area (Å²) in [5.74, 6) is -0.624. The number of urea groups is 1.